The zero-order valence-corrected chi connectivity index (χ0v) is 12.3. The van der Waals surface area contributed by atoms with Gasteiger partial charge >= 0.3 is 5.97 Å². The van der Waals surface area contributed by atoms with Crippen molar-refractivity contribution in [3.05, 3.63) is 51.7 Å². The molecule has 0 aliphatic carbocycles. The third-order valence-electron chi connectivity index (χ3n) is 2.95. The number of anilines is 1. The van der Waals surface area contributed by atoms with Crippen molar-refractivity contribution in [1.82, 2.24) is 0 Å². The van der Waals surface area contributed by atoms with Crippen LogP contribution in [0, 0.1) is 6.92 Å². The maximum Gasteiger partial charge on any atom is 0.335 e. The van der Waals surface area contributed by atoms with E-state index in [9.17, 15) is 9.59 Å². The lowest BCUT2D eigenvalue weighted by Gasteiger charge is -2.21. The van der Waals surface area contributed by atoms with E-state index in [-0.39, 0.29) is 24.6 Å². The largest absolute Gasteiger partial charge is 0.478 e. The smallest absolute Gasteiger partial charge is 0.335 e. The zero-order chi connectivity index (χ0) is 15.4. The van der Waals surface area contributed by atoms with Crippen LogP contribution in [-0.4, -0.2) is 35.2 Å². The summed E-state index contributed by atoms with van der Waals surface area (Å²) < 4.78 is 0. The van der Waals surface area contributed by atoms with Gasteiger partial charge in [-0.1, -0.05) is 0 Å². The van der Waals surface area contributed by atoms with Crippen LogP contribution in [0.4, 0.5) is 5.69 Å². The lowest BCUT2D eigenvalue weighted by Crippen LogP contribution is -2.33. The zero-order valence-electron chi connectivity index (χ0n) is 11.4. The molecule has 0 atom stereocenters. The molecule has 110 valence electrons. The first-order valence-corrected chi connectivity index (χ1v) is 7.17. The number of thiophene rings is 1. The maximum absolute atomic E-state index is 12.5. The molecule has 1 amide bonds. The average molecular weight is 305 g/mol. The third kappa shape index (κ3) is 3.48. The SMILES string of the molecule is Cc1ccc(C(=O)N(CCO)c2ccc(C(=O)O)cc2)s1. The van der Waals surface area contributed by atoms with Crippen molar-refractivity contribution in [2.45, 2.75) is 6.92 Å². The molecule has 0 fully saturated rings. The molecule has 0 saturated heterocycles. The number of aliphatic hydroxyl groups is 1. The number of aromatic carboxylic acids is 1. The minimum absolute atomic E-state index is 0.155. The normalized spacial score (nSPS) is 10.4. The van der Waals surface area contributed by atoms with Crippen molar-refractivity contribution in [3.8, 4) is 0 Å². The highest BCUT2D eigenvalue weighted by Crippen LogP contribution is 2.22. The number of carbonyl (C=O) groups excluding carboxylic acids is 1. The molecule has 2 rings (SSSR count). The van der Waals surface area contributed by atoms with Gasteiger partial charge in [-0.2, -0.15) is 0 Å². The molecule has 0 radical (unpaired) electrons. The Labute approximate surface area is 126 Å². The summed E-state index contributed by atoms with van der Waals surface area (Å²) in [5.74, 6) is -1.22. The monoisotopic (exact) mass is 305 g/mol. The summed E-state index contributed by atoms with van der Waals surface area (Å²) in [7, 11) is 0. The molecule has 21 heavy (non-hydrogen) atoms. The Morgan fingerprint density at radius 3 is 2.29 bits per heavy atom. The number of rotatable bonds is 5. The van der Waals surface area contributed by atoms with Gasteiger partial charge in [0.2, 0.25) is 0 Å². The fraction of sp³-hybridized carbons (Fsp3) is 0.200. The van der Waals surface area contributed by atoms with Crippen molar-refractivity contribution >= 4 is 28.9 Å². The lowest BCUT2D eigenvalue weighted by molar-refractivity contribution is 0.0696. The molecule has 0 bridgehead atoms. The Hall–Kier alpha value is -2.18. The van der Waals surface area contributed by atoms with Crippen LogP contribution in [0.25, 0.3) is 0 Å². The molecule has 0 spiro atoms. The fourth-order valence-electron chi connectivity index (χ4n) is 1.91. The maximum atomic E-state index is 12.5. The Kier molecular flexibility index (Phi) is 4.72. The number of aryl methyl sites for hydroxylation is 1. The second kappa shape index (κ2) is 6.51. The summed E-state index contributed by atoms with van der Waals surface area (Å²) in [5, 5.41) is 18.0. The highest BCUT2D eigenvalue weighted by atomic mass is 32.1. The molecule has 2 N–H and O–H groups in total. The van der Waals surface area contributed by atoms with E-state index >= 15 is 0 Å². The number of carboxylic acids is 1. The molecule has 0 aliphatic heterocycles. The quantitative estimate of drug-likeness (QED) is 0.889. The Balaban J connectivity index is 2.29. The second-order valence-electron chi connectivity index (χ2n) is 4.44. The van der Waals surface area contributed by atoms with E-state index in [1.165, 1.54) is 28.4 Å². The van der Waals surface area contributed by atoms with Crippen molar-refractivity contribution in [2.75, 3.05) is 18.1 Å². The molecule has 0 saturated carbocycles. The van der Waals surface area contributed by atoms with E-state index < -0.39 is 5.97 Å². The van der Waals surface area contributed by atoms with E-state index in [0.717, 1.165) is 4.88 Å². The number of benzene rings is 1. The van der Waals surface area contributed by atoms with Crippen molar-refractivity contribution in [1.29, 1.82) is 0 Å². The number of carbonyl (C=O) groups is 2. The number of carboxylic acid groups (broad SMARTS) is 1. The molecule has 0 aliphatic rings. The predicted molar refractivity (Wildman–Crippen MR) is 81.2 cm³/mol. The van der Waals surface area contributed by atoms with Crippen molar-refractivity contribution < 1.29 is 19.8 Å². The van der Waals surface area contributed by atoms with Gasteiger partial charge in [0.1, 0.15) is 0 Å². The minimum atomic E-state index is -1.02. The van der Waals surface area contributed by atoms with Crippen molar-refractivity contribution in [2.24, 2.45) is 0 Å². The van der Waals surface area contributed by atoms with Crippen molar-refractivity contribution in [3.63, 3.8) is 0 Å². The van der Waals surface area contributed by atoms with Crippen LogP contribution in [0.3, 0.4) is 0 Å². The second-order valence-corrected chi connectivity index (χ2v) is 5.73. The Bertz CT molecular complexity index is 648. The summed E-state index contributed by atoms with van der Waals surface area (Å²) in [6, 6.07) is 9.62. The first-order valence-electron chi connectivity index (χ1n) is 6.35. The summed E-state index contributed by atoms with van der Waals surface area (Å²) in [6.07, 6.45) is 0. The third-order valence-corrected chi connectivity index (χ3v) is 3.93. The molecule has 5 nitrogen and oxygen atoms in total. The average Bonchev–Trinajstić information content (AvgIpc) is 2.91. The van der Waals surface area contributed by atoms with Gasteiger partial charge in [0.15, 0.2) is 0 Å². The summed E-state index contributed by atoms with van der Waals surface area (Å²) in [6.45, 7) is 1.90. The number of aliphatic hydroxyl groups excluding tert-OH is 1. The topological polar surface area (TPSA) is 77.8 Å². The molecule has 0 unspecified atom stereocenters. The Morgan fingerprint density at radius 2 is 1.81 bits per heavy atom. The number of hydrogen-bond acceptors (Lipinski definition) is 4. The van der Waals surface area contributed by atoms with E-state index in [2.05, 4.69) is 0 Å². The van der Waals surface area contributed by atoms with Gasteiger partial charge in [0.25, 0.3) is 5.91 Å². The van der Waals surface area contributed by atoms with Crippen LogP contribution < -0.4 is 4.90 Å². The number of amides is 1. The Morgan fingerprint density at radius 1 is 1.14 bits per heavy atom. The van der Waals surface area contributed by atoms with Gasteiger partial charge in [-0.3, -0.25) is 4.79 Å². The van der Waals surface area contributed by atoms with Crippen LogP contribution in [-0.2, 0) is 0 Å². The number of hydrogen-bond donors (Lipinski definition) is 2. The van der Waals surface area contributed by atoms with E-state index in [4.69, 9.17) is 10.2 Å². The van der Waals surface area contributed by atoms with Crippen LogP contribution in [0.2, 0.25) is 0 Å². The summed E-state index contributed by atoms with van der Waals surface area (Å²) in [5.41, 5.74) is 0.715. The van der Waals surface area contributed by atoms with Gasteiger partial charge in [0, 0.05) is 17.1 Å². The first kappa shape index (κ1) is 15.2. The summed E-state index contributed by atoms with van der Waals surface area (Å²) in [4.78, 5) is 26.4. The van der Waals surface area contributed by atoms with Gasteiger partial charge < -0.3 is 15.1 Å². The molecule has 1 aromatic heterocycles. The van der Waals surface area contributed by atoms with Crippen LogP contribution in [0.5, 0.6) is 0 Å². The van der Waals surface area contributed by atoms with E-state index in [1.54, 1.807) is 18.2 Å². The fourth-order valence-corrected chi connectivity index (χ4v) is 2.73. The van der Waals surface area contributed by atoms with Gasteiger partial charge in [-0.05, 0) is 43.3 Å². The van der Waals surface area contributed by atoms with Crippen LogP contribution >= 0.6 is 11.3 Å². The molecular weight excluding hydrogens is 290 g/mol. The number of nitrogens with zero attached hydrogens (tertiary/aromatic N) is 1. The lowest BCUT2D eigenvalue weighted by atomic mass is 10.2. The standard InChI is InChI=1S/C15H15NO4S/c1-10-2-7-13(21-10)14(18)16(8-9-17)12-5-3-11(4-6-12)15(19)20/h2-7,17H,8-9H2,1H3,(H,19,20). The van der Waals surface area contributed by atoms with E-state index in [1.807, 2.05) is 13.0 Å². The van der Waals surface area contributed by atoms with Gasteiger partial charge in [-0.15, -0.1) is 11.3 Å². The van der Waals surface area contributed by atoms with Gasteiger partial charge in [-0.25, -0.2) is 4.79 Å². The van der Waals surface area contributed by atoms with Crippen LogP contribution in [0.1, 0.15) is 24.9 Å². The van der Waals surface area contributed by atoms with Gasteiger partial charge in [0.05, 0.1) is 17.0 Å². The minimum Gasteiger partial charge on any atom is -0.478 e. The molecule has 1 aromatic carbocycles. The highest BCUT2D eigenvalue weighted by molar-refractivity contribution is 7.14. The molecule has 6 heteroatoms. The van der Waals surface area contributed by atoms with E-state index in [0.29, 0.717) is 10.6 Å². The summed E-state index contributed by atoms with van der Waals surface area (Å²) >= 11 is 1.39. The molecular formula is C15H15NO4S. The molecule has 2 aromatic rings. The van der Waals surface area contributed by atoms with Crippen LogP contribution in [0.15, 0.2) is 36.4 Å². The predicted octanol–water partition coefficient (Wildman–Crippen LogP) is 2.39. The first-order chi connectivity index (χ1) is 10.0. The highest BCUT2D eigenvalue weighted by Gasteiger charge is 2.19. The molecule has 1 heterocycles.